The molecular weight excluding hydrogens is 204 g/mol. The average molecular weight is 223 g/mol. The molecule has 2 bridgehead atoms. The molecule has 3 heteroatoms. The van der Waals surface area contributed by atoms with Crippen molar-refractivity contribution in [1.29, 1.82) is 0 Å². The van der Waals surface area contributed by atoms with Crippen LogP contribution in [-0.2, 0) is 14.3 Å². The second-order valence-corrected chi connectivity index (χ2v) is 5.14. The molecule has 0 aromatic carbocycles. The highest BCUT2D eigenvalue weighted by Gasteiger charge is 2.58. The van der Waals surface area contributed by atoms with E-state index in [-0.39, 0.29) is 18.0 Å². The maximum absolute atomic E-state index is 12.2. The molecule has 2 aliphatic rings. The van der Waals surface area contributed by atoms with Gasteiger partial charge in [-0.2, -0.15) is 0 Å². The quantitative estimate of drug-likeness (QED) is 0.542. The van der Waals surface area contributed by atoms with E-state index in [0.29, 0.717) is 5.92 Å². The van der Waals surface area contributed by atoms with Crippen molar-refractivity contribution in [3.8, 4) is 0 Å². The third-order valence-corrected chi connectivity index (χ3v) is 4.14. The Hall–Kier alpha value is -0.860. The first-order valence-corrected chi connectivity index (χ1v) is 6.13. The fraction of sp³-hybridized carbons (Fsp3) is 0.769. The minimum Gasteiger partial charge on any atom is -0.462 e. The van der Waals surface area contributed by atoms with Crippen LogP contribution < -0.4 is 0 Å². The standard InChI is InChI=1S/C13H19O3/c1-3-9(2)16-12(15)13-5-4-10(7-13)6-11(13)8-14/h6,8-11H,3-5,7H2,1-2H3. The summed E-state index contributed by atoms with van der Waals surface area (Å²) in [5, 5.41) is 0. The van der Waals surface area contributed by atoms with Crippen LogP contribution in [0.5, 0.6) is 0 Å². The van der Waals surface area contributed by atoms with Gasteiger partial charge >= 0.3 is 5.97 Å². The SMILES string of the molecule is CCC(C)OC(=O)C12CCC([CH]C1C=O)C2. The van der Waals surface area contributed by atoms with Crippen molar-refractivity contribution in [3.05, 3.63) is 6.42 Å². The van der Waals surface area contributed by atoms with Crippen molar-refractivity contribution in [1.82, 2.24) is 0 Å². The maximum atomic E-state index is 12.2. The van der Waals surface area contributed by atoms with Crippen molar-refractivity contribution in [2.24, 2.45) is 17.3 Å². The fourth-order valence-corrected chi connectivity index (χ4v) is 2.94. The van der Waals surface area contributed by atoms with Crippen molar-refractivity contribution in [2.75, 3.05) is 0 Å². The third kappa shape index (κ3) is 1.66. The zero-order valence-electron chi connectivity index (χ0n) is 9.94. The van der Waals surface area contributed by atoms with Gasteiger partial charge in [-0.25, -0.2) is 0 Å². The normalized spacial score (nSPS) is 38.4. The van der Waals surface area contributed by atoms with E-state index < -0.39 is 5.41 Å². The van der Waals surface area contributed by atoms with Gasteiger partial charge in [0.05, 0.1) is 11.5 Å². The highest BCUT2D eigenvalue weighted by atomic mass is 16.5. The van der Waals surface area contributed by atoms with E-state index in [4.69, 9.17) is 4.74 Å². The van der Waals surface area contributed by atoms with Crippen LogP contribution in [0.4, 0.5) is 0 Å². The van der Waals surface area contributed by atoms with Crippen molar-refractivity contribution in [2.45, 2.75) is 45.6 Å². The number of hydrogen-bond acceptors (Lipinski definition) is 3. The molecule has 2 aliphatic carbocycles. The molecule has 2 rings (SSSR count). The Morgan fingerprint density at radius 1 is 1.69 bits per heavy atom. The summed E-state index contributed by atoms with van der Waals surface area (Å²) < 4.78 is 5.42. The second kappa shape index (κ2) is 4.19. The van der Waals surface area contributed by atoms with Gasteiger partial charge in [-0.05, 0) is 44.9 Å². The molecule has 1 radical (unpaired) electrons. The van der Waals surface area contributed by atoms with E-state index in [1.165, 1.54) is 0 Å². The lowest BCUT2D eigenvalue weighted by Gasteiger charge is -2.30. The topological polar surface area (TPSA) is 43.4 Å². The van der Waals surface area contributed by atoms with Gasteiger partial charge in [0.15, 0.2) is 0 Å². The van der Waals surface area contributed by atoms with E-state index in [9.17, 15) is 9.59 Å². The highest BCUT2D eigenvalue weighted by Crippen LogP contribution is 2.57. The van der Waals surface area contributed by atoms with E-state index >= 15 is 0 Å². The first kappa shape index (κ1) is 11.6. The van der Waals surface area contributed by atoms with Crippen molar-refractivity contribution < 1.29 is 14.3 Å². The number of carbonyl (C=O) groups excluding carboxylic acids is 2. The molecule has 0 N–H and O–H groups in total. The summed E-state index contributed by atoms with van der Waals surface area (Å²) in [6.45, 7) is 3.89. The molecule has 2 saturated carbocycles. The molecule has 0 aliphatic heterocycles. The molecule has 0 aromatic heterocycles. The van der Waals surface area contributed by atoms with Gasteiger partial charge in [-0.1, -0.05) is 6.92 Å². The Labute approximate surface area is 96.5 Å². The van der Waals surface area contributed by atoms with Gasteiger partial charge in [-0.15, -0.1) is 0 Å². The molecule has 16 heavy (non-hydrogen) atoms. The number of carbonyl (C=O) groups is 2. The summed E-state index contributed by atoms with van der Waals surface area (Å²) in [6.07, 6.45) is 6.37. The minimum atomic E-state index is -0.518. The second-order valence-electron chi connectivity index (χ2n) is 5.14. The Morgan fingerprint density at radius 3 is 3.00 bits per heavy atom. The molecule has 2 fully saturated rings. The molecular formula is C13H19O3. The van der Waals surface area contributed by atoms with Crippen molar-refractivity contribution in [3.63, 3.8) is 0 Å². The maximum Gasteiger partial charge on any atom is 0.313 e. The number of aldehydes is 1. The van der Waals surface area contributed by atoms with Crippen molar-refractivity contribution >= 4 is 12.3 Å². The van der Waals surface area contributed by atoms with E-state index in [0.717, 1.165) is 32.0 Å². The molecule has 0 saturated heterocycles. The lowest BCUT2D eigenvalue weighted by atomic mass is 9.75. The monoisotopic (exact) mass is 223 g/mol. The van der Waals surface area contributed by atoms with Gasteiger partial charge in [0.2, 0.25) is 0 Å². The zero-order valence-corrected chi connectivity index (χ0v) is 9.94. The first-order chi connectivity index (χ1) is 7.62. The summed E-state index contributed by atoms with van der Waals surface area (Å²) >= 11 is 0. The molecule has 4 atom stereocenters. The van der Waals surface area contributed by atoms with E-state index in [1.54, 1.807) is 0 Å². The van der Waals surface area contributed by atoms with Gasteiger partial charge in [-0.3, -0.25) is 4.79 Å². The summed E-state index contributed by atoms with van der Waals surface area (Å²) in [5.41, 5.74) is -0.518. The molecule has 0 spiro atoms. The smallest absolute Gasteiger partial charge is 0.313 e. The summed E-state index contributed by atoms with van der Waals surface area (Å²) in [4.78, 5) is 23.2. The molecule has 89 valence electrons. The predicted molar refractivity (Wildman–Crippen MR) is 59.5 cm³/mol. The Bertz CT molecular complexity index is 300. The molecule has 4 unspecified atom stereocenters. The Kier molecular flexibility index (Phi) is 3.04. The van der Waals surface area contributed by atoms with Crippen LogP contribution in [0, 0.1) is 23.7 Å². The van der Waals surface area contributed by atoms with Gasteiger partial charge in [0.25, 0.3) is 0 Å². The molecule has 0 amide bonds. The fourth-order valence-electron chi connectivity index (χ4n) is 2.94. The zero-order chi connectivity index (χ0) is 11.8. The van der Waals surface area contributed by atoms with E-state index in [2.05, 4.69) is 0 Å². The van der Waals surface area contributed by atoms with Crippen LogP contribution in [0.15, 0.2) is 0 Å². The van der Waals surface area contributed by atoms with Crippen LogP contribution >= 0.6 is 0 Å². The molecule has 0 heterocycles. The van der Waals surface area contributed by atoms with E-state index in [1.807, 2.05) is 20.3 Å². The van der Waals surface area contributed by atoms with Gasteiger partial charge < -0.3 is 9.53 Å². The summed E-state index contributed by atoms with van der Waals surface area (Å²) in [5.74, 6) is 0.0673. The minimum absolute atomic E-state index is 0.0474. The summed E-state index contributed by atoms with van der Waals surface area (Å²) in [7, 11) is 0. The van der Waals surface area contributed by atoms with Gasteiger partial charge in [0.1, 0.15) is 6.29 Å². The summed E-state index contributed by atoms with van der Waals surface area (Å²) in [6, 6.07) is 0. The lowest BCUT2D eigenvalue weighted by Crippen LogP contribution is -2.38. The first-order valence-electron chi connectivity index (χ1n) is 6.13. The Balaban J connectivity index is 2.11. The number of fused-ring (bicyclic) bond motifs is 2. The number of esters is 1. The molecule has 3 nitrogen and oxygen atoms in total. The van der Waals surface area contributed by atoms with Crippen LogP contribution in [0.25, 0.3) is 0 Å². The van der Waals surface area contributed by atoms with Crippen LogP contribution in [0.3, 0.4) is 0 Å². The number of rotatable bonds is 4. The van der Waals surface area contributed by atoms with Crippen LogP contribution in [-0.4, -0.2) is 18.4 Å². The number of ether oxygens (including phenoxy) is 1. The van der Waals surface area contributed by atoms with Crippen LogP contribution in [0.2, 0.25) is 0 Å². The predicted octanol–water partition coefficient (Wildman–Crippen LogP) is 2.15. The average Bonchev–Trinajstić information content (AvgIpc) is 2.86. The Morgan fingerprint density at radius 2 is 2.44 bits per heavy atom. The highest BCUT2D eigenvalue weighted by molar-refractivity contribution is 5.83. The van der Waals surface area contributed by atoms with Crippen LogP contribution in [0.1, 0.15) is 39.5 Å². The third-order valence-electron chi connectivity index (χ3n) is 4.14. The molecule has 0 aromatic rings. The number of hydrogen-bond donors (Lipinski definition) is 0. The largest absolute Gasteiger partial charge is 0.462 e. The van der Waals surface area contributed by atoms with Gasteiger partial charge in [0, 0.05) is 5.92 Å². The lowest BCUT2D eigenvalue weighted by molar-refractivity contribution is -0.163.